The lowest BCUT2D eigenvalue weighted by atomic mass is 9.79. The van der Waals surface area contributed by atoms with Crippen LogP contribution in [-0.4, -0.2) is 5.11 Å². The van der Waals surface area contributed by atoms with Crippen molar-refractivity contribution in [3.63, 3.8) is 0 Å². The summed E-state index contributed by atoms with van der Waals surface area (Å²) in [6.07, 6.45) is 1.70. The molecule has 1 atom stereocenters. The molecule has 0 radical (unpaired) electrons. The second kappa shape index (κ2) is 7.98. The van der Waals surface area contributed by atoms with Crippen LogP contribution in [0.4, 0.5) is 0 Å². The van der Waals surface area contributed by atoms with Crippen LogP contribution in [0.15, 0.2) is 36.4 Å². The standard InChI is InChI=1S/C23H32O/c1-7-11-19-20(15(2)3)14-21(16(4)5)22(17(6)24)23(19)18-12-9-8-10-13-18/h8-10,12-17,24H,7,11H2,1-6H3. The van der Waals surface area contributed by atoms with Gasteiger partial charge in [-0.2, -0.15) is 0 Å². The Balaban J connectivity index is 2.93. The normalized spacial score (nSPS) is 12.9. The molecule has 0 aromatic heterocycles. The fourth-order valence-corrected chi connectivity index (χ4v) is 3.68. The SMILES string of the molecule is CCCc1c(C(C)C)cc(C(C)C)c(C(C)O)c1-c1ccccc1. The highest BCUT2D eigenvalue weighted by atomic mass is 16.3. The van der Waals surface area contributed by atoms with E-state index >= 15 is 0 Å². The van der Waals surface area contributed by atoms with E-state index in [0.717, 1.165) is 18.4 Å². The molecule has 1 heteroatoms. The van der Waals surface area contributed by atoms with Crippen molar-refractivity contribution in [2.24, 2.45) is 0 Å². The minimum absolute atomic E-state index is 0.394. The molecule has 130 valence electrons. The van der Waals surface area contributed by atoms with E-state index in [2.05, 4.69) is 71.0 Å². The van der Waals surface area contributed by atoms with Gasteiger partial charge in [0, 0.05) is 0 Å². The molecule has 0 aliphatic carbocycles. The zero-order valence-electron chi connectivity index (χ0n) is 16.1. The molecule has 0 spiro atoms. The molecule has 2 rings (SSSR count). The molecular formula is C23H32O. The van der Waals surface area contributed by atoms with E-state index in [0.29, 0.717) is 11.8 Å². The molecule has 0 aliphatic heterocycles. The van der Waals surface area contributed by atoms with Crippen molar-refractivity contribution in [1.82, 2.24) is 0 Å². The maximum Gasteiger partial charge on any atom is 0.0770 e. The number of rotatable bonds is 6. The molecule has 0 saturated carbocycles. The fraction of sp³-hybridized carbons (Fsp3) is 0.478. The molecular weight excluding hydrogens is 292 g/mol. The van der Waals surface area contributed by atoms with Gasteiger partial charge in [0.05, 0.1) is 6.10 Å². The number of aliphatic hydroxyl groups excluding tert-OH is 1. The van der Waals surface area contributed by atoms with Crippen molar-refractivity contribution in [3.8, 4) is 11.1 Å². The topological polar surface area (TPSA) is 20.2 Å². The van der Waals surface area contributed by atoms with Crippen LogP contribution in [0.3, 0.4) is 0 Å². The summed E-state index contributed by atoms with van der Waals surface area (Å²) in [7, 11) is 0. The molecule has 0 bridgehead atoms. The van der Waals surface area contributed by atoms with Gasteiger partial charge >= 0.3 is 0 Å². The van der Waals surface area contributed by atoms with E-state index in [1.807, 2.05) is 6.92 Å². The zero-order valence-corrected chi connectivity index (χ0v) is 16.1. The molecule has 1 N–H and O–H groups in total. The summed E-state index contributed by atoms with van der Waals surface area (Å²) in [6, 6.07) is 12.9. The lowest BCUT2D eigenvalue weighted by molar-refractivity contribution is 0.198. The summed E-state index contributed by atoms with van der Waals surface area (Å²) in [5.41, 5.74) is 7.74. The lowest BCUT2D eigenvalue weighted by Gasteiger charge is -2.27. The van der Waals surface area contributed by atoms with Gasteiger partial charge in [-0.15, -0.1) is 0 Å². The molecule has 1 unspecified atom stereocenters. The summed E-state index contributed by atoms with van der Waals surface area (Å²) >= 11 is 0. The van der Waals surface area contributed by atoms with Gasteiger partial charge in [0.2, 0.25) is 0 Å². The zero-order chi connectivity index (χ0) is 17.9. The van der Waals surface area contributed by atoms with Gasteiger partial charge < -0.3 is 5.11 Å². The van der Waals surface area contributed by atoms with Crippen molar-refractivity contribution in [2.45, 2.75) is 72.3 Å². The van der Waals surface area contributed by atoms with Crippen LogP contribution in [0.2, 0.25) is 0 Å². The molecule has 24 heavy (non-hydrogen) atoms. The molecule has 0 heterocycles. The maximum atomic E-state index is 10.6. The van der Waals surface area contributed by atoms with E-state index < -0.39 is 6.10 Å². The maximum absolute atomic E-state index is 10.6. The summed E-state index contributed by atoms with van der Waals surface area (Å²) in [6.45, 7) is 13.1. The molecule has 0 fully saturated rings. The average molecular weight is 325 g/mol. The van der Waals surface area contributed by atoms with Crippen molar-refractivity contribution in [3.05, 3.63) is 58.7 Å². The second-order valence-corrected chi connectivity index (χ2v) is 7.42. The van der Waals surface area contributed by atoms with E-state index in [-0.39, 0.29) is 0 Å². The Bertz CT molecular complexity index is 666. The van der Waals surface area contributed by atoms with Crippen LogP contribution in [0.5, 0.6) is 0 Å². The minimum atomic E-state index is -0.463. The molecule has 0 aliphatic rings. The molecule has 2 aromatic carbocycles. The number of benzene rings is 2. The van der Waals surface area contributed by atoms with Gasteiger partial charge in [0.25, 0.3) is 0 Å². The van der Waals surface area contributed by atoms with Crippen LogP contribution in [0.1, 0.15) is 88.2 Å². The van der Waals surface area contributed by atoms with Gasteiger partial charge in [0.15, 0.2) is 0 Å². The van der Waals surface area contributed by atoms with Crippen molar-refractivity contribution >= 4 is 0 Å². The number of hydrogen-bond donors (Lipinski definition) is 1. The molecule has 1 nitrogen and oxygen atoms in total. The minimum Gasteiger partial charge on any atom is -0.389 e. The van der Waals surface area contributed by atoms with Crippen molar-refractivity contribution in [1.29, 1.82) is 0 Å². The quantitative estimate of drug-likeness (QED) is 0.634. The van der Waals surface area contributed by atoms with Crippen LogP contribution in [0, 0.1) is 0 Å². The third-order valence-corrected chi connectivity index (χ3v) is 4.77. The second-order valence-electron chi connectivity index (χ2n) is 7.42. The van der Waals surface area contributed by atoms with Gasteiger partial charge in [-0.3, -0.25) is 0 Å². The van der Waals surface area contributed by atoms with Crippen molar-refractivity contribution < 1.29 is 5.11 Å². The average Bonchev–Trinajstić information content (AvgIpc) is 2.54. The Kier molecular flexibility index (Phi) is 6.23. The fourth-order valence-electron chi connectivity index (χ4n) is 3.68. The highest BCUT2D eigenvalue weighted by Crippen LogP contribution is 2.41. The van der Waals surface area contributed by atoms with Gasteiger partial charge in [0.1, 0.15) is 0 Å². The van der Waals surface area contributed by atoms with Gasteiger partial charge in [-0.25, -0.2) is 0 Å². The monoisotopic (exact) mass is 324 g/mol. The Morgan fingerprint density at radius 2 is 1.46 bits per heavy atom. The predicted molar refractivity (Wildman–Crippen MR) is 105 cm³/mol. The number of aliphatic hydroxyl groups is 1. The highest BCUT2D eigenvalue weighted by Gasteiger charge is 2.23. The predicted octanol–water partition coefficient (Wildman–Crippen LogP) is 6.61. The largest absolute Gasteiger partial charge is 0.389 e. The van der Waals surface area contributed by atoms with Crippen molar-refractivity contribution in [2.75, 3.05) is 0 Å². The highest BCUT2D eigenvalue weighted by molar-refractivity contribution is 5.75. The Hall–Kier alpha value is -1.60. The van der Waals surface area contributed by atoms with Gasteiger partial charge in [-0.05, 0) is 58.6 Å². The lowest BCUT2D eigenvalue weighted by Crippen LogP contribution is -2.10. The third-order valence-electron chi connectivity index (χ3n) is 4.77. The van der Waals surface area contributed by atoms with E-state index in [9.17, 15) is 5.11 Å². The van der Waals surface area contributed by atoms with Crippen LogP contribution >= 0.6 is 0 Å². The Morgan fingerprint density at radius 1 is 0.875 bits per heavy atom. The van der Waals surface area contributed by atoms with Gasteiger partial charge in [-0.1, -0.05) is 77.4 Å². The Morgan fingerprint density at radius 3 is 1.92 bits per heavy atom. The molecule has 0 saturated heterocycles. The summed E-state index contributed by atoms with van der Waals surface area (Å²) in [5.74, 6) is 0.875. The summed E-state index contributed by atoms with van der Waals surface area (Å²) in [5, 5.41) is 10.6. The third kappa shape index (κ3) is 3.72. The van der Waals surface area contributed by atoms with Crippen LogP contribution in [0.25, 0.3) is 11.1 Å². The van der Waals surface area contributed by atoms with Crippen LogP contribution < -0.4 is 0 Å². The smallest absolute Gasteiger partial charge is 0.0770 e. The molecule has 2 aromatic rings. The first-order valence-corrected chi connectivity index (χ1v) is 9.31. The molecule has 0 amide bonds. The van der Waals surface area contributed by atoms with Crippen LogP contribution in [-0.2, 0) is 6.42 Å². The first kappa shape index (κ1) is 18.7. The first-order chi connectivity index (χ1) is 11.4. The summed E-state index contributed by atoms with van der Waals surface area (Å²) < 4.78 is 0. The number of hydrogen-bond acceptors (Lipinski definition) is 1. The first-order valence-electron chi connectivity index (χ1n) is 9.31. The van der Waals surface area contributed by atoms with E-state index in [1.54, 1.807) is 0 Å². The summed E-state index contributed by atoms with van der Waals surface area (Å²) in [4.78, 5) is 0. The van der Waals surface area contributed by atoms with E-state index in [1.165, 1.54) is 27.8 Å². The van der Waals surface area contributed by atoms with E-state index in [4.69, 9.17) is 0 Å². The Labute approximate surface area is 147 Å².